The fraction of sp³-hybridized carbons (Fsp3) is 0.500. The summed E-state index contributed by atoms with van der Waals surface area (Å²) in [6, 6.07) is 0. The van der Waals surface area contributed by atoms with E-state index in [4.69, 9.17) is 9.26 Å². The molecule has 0 radical (unpaired) electrons. The lowest BCUT2D eigenvalue weighted by Gasteiger charge is -2.10. The molecule has 1 aliphatic rings. The number of hydrogen-bond acceptors (Lipinski definition) is 7. The van der Waals surface area contributed by atoms with E-state index in [0.717, 1.165) is 29.5 Å². The first-order chi connectivity index (χ1) is 11.8. The highest BCUT2D eigenvalue weighted by molar-refractivity contribution is 7.18. The smallest absolute Gasteiger partial charge is 0.262 e. The van der Waals surface area contributed by atoms with Crippen LogP contribution in [0.2, 0.25) is 0 Å². The molecule has 0 saturated carbocycles. The third-order valence-corrected chi connectivity index (χ3v) is 5.49. The van der Waals surface area contributed by atoms with Gasteiger partial charge in [0.25, 0.3) is 5.56 Å². The molecule has 0 saturated heterocycles. The van der Waals surface area contributed by atoms with Gasteiger partial charge in [-0.2, -0.15) is 4.98 Å². The van der Waals surface area contributed by atoms with Crippen molar-refractivity contribution in [2.24, 2.45) is 0 Å². The summed E-state index contributed by atoms with van der Waals surface area (Å²) < 4.78 is 11.8. The zero-order chi connectivity index (χ0) is 16.5. The van der Waals surface area contributed by atoms with E-state index in [1.807, 2.05) is 0 Å². The predicted molar refractivity (Wildman–Crippen MR) is 89.5 cm³/mol. The SMILES string of the molecule is COCCc1noc(Cn2cnc3sc4c(c3c2=O)CCCC4)n1. The highest BCUT2D eigenvalue weighted by Gasteiger charge is 2.20. The lowest BCUT2D eigenvalue weighted by Crippen LogP contribution is -2.21. The number of aryl methyl sites for hydroxylation is 2. The summed E-state index contributed by atoms with van der Waals surface area (Å²) in [4.78, 5) is 23.8. The molecule has 0 aliphatic heterocycles. The average molecular weight is 346 g/mol. The summed E-state index contributed by atoms with van der Waals surface area (Å²) in [5.41, 5.74) is 1.18. The van der Waals surface area contributed by atoms with Crippen molar-refractivity contribution in [2.75, 3.05) is 13.7 Å². The molecule has 0 amide bonds. The van der Waals surface area contributed by atoms with Gasteiger partial charge >= 0.3 is 0 Å². The number of hydrogen-bond donors (Lipinski definition) is 0. The molecule has 4 rings (SSSR count). The van der Waals surface area contributed by atoms with Crippen LogP contribution in [0, 0.1) is 0 Å². The number of methoxy groups -OCH3 is 1. The van der Waals surface area contributed by atoms with E-state index >= 15 is 0 Å². The minimum absolute atomic E-state index is 0.0176. The second kappa shape index (κ2) is 6.45. The van der Waals surface area contributed by atoms with Crippen molar-refractivity contribution < 1.29 is 9.26 Å². The van der Waals surface area contributed by atoms with E-state index in [-0.39, 0.29) is 12.1 Å². The molecular weight excluding hydrogens is 328 g/mol. The second-order valence-corrected chi connectivity index (χ2v) is 7.00. The summed E-state index contributed by atoms with van der Waals surface area (Å²) in [5.74, 6) is 0.996. The van der Waals surface area contributed by atoms with Gasteiger partial charge in [0.15, 0.2) is 5.82 Å². The lowest BCUT2D eigenvalue weighted by atomic mass is 9.97. The largest absolute Gasteiger partial charge is 0.384 e. The van der Waals surface area contributed by atoms with Crippen LogP contribution in [0.1, 0.15) is 35.0 Å². The Morgan fingerprint density at radius 2 is 2.25 bits per heavy atom. The molecule has 0 spiro atoms. The summed E-state index contributed by atoms with van der Waals surface area (Å²) in [7, 11) is 1.63. The Morgan fingerprint density at radius 3 is 3.12 bits per heavy atom. The zero-order valence-corrected chi connectivity index (χ0v) is 14.3. The topological polar surface area (TPSA) is 83.0 Å². The summed E-state index contributed by atoms with van der Waals surface area (Å²) in [6.45, 7) is 0.778. The van der Waals surface area contributed by atoms with Gasteiger partial charge in [-0.05, 0) is 31.2 Å². The normalized spacial score (nSPS) is 14.2. The van der Waals surface area contributed by atoms with Crippen LogP contribution >= 0.6 is 11.3 Å². The molecule has 0 fully saturated rings. The Kier molecular flexibility index (Phi) is 4.15. The lowest BCUT2D eigenvalue weighted by molar-refractivity contribution is 0.199. The van der Waals surface area contributed by atoms with Gasteiger partial charge in [0.1, 0.15) is 11.4 Å². The molecule has 1 aliphatic carbocycles. The average Bonchev–Trinajstić information content (AvgIpc) is 3.20. The van der Waals surface area contributed by atoms with Crippen LogP contribution in [-0.2, 0) is 30.5 Å². The molecule has 0 N–H and O–H groups in total. The quantitative estimate of drug-likeness (QED) is 0.702. The van der Waals surface area contributed by atoms with E-state index in [2.05, 4.69) is 15.1 Å². The first kappa shape index (κ1) is 15.5. The minimum Gasteiger partial charge on any atom is -0.384 e. The molecule has 24 heavy (non-hydrogen) atoms. The first-order valence-corrected chi connectivity index (χ1v) is 8.88. The van der Waals surface area contributed by atoms with E-state index in [1.54, 1.807) is 29.3 Å². The van der Waals surface area contributed by atoms with Gasteiger partial charge in [0.05, 0.1) is 18.3 Å². The van der Waals surface area contributed by atoms with Gasteiger partial charge in [-0.15, -0.1) is 11.3 Å². The van der Waals surface area contributed by atoms with Gasteiger partial charge in [-0.1, -0.05) is 5.16 Å². The van der Waals surface area contributed by atoms with Gasteiger partial charge in [-0.25, -0.2) is 4.98 Å². The molecule has 3 aromatic rings. The maximum atomic E-state index is 12.9. The maximum Gasteiger partial charge on any atom is 0.262 e. The molecule has 0 bridgehead atoms. The van der Waals surface area contributed by atoms with Crippen molar-refractivity contribution in [1.29, 1.82) is 0 Å². The zero-order valence-electron chi connectivity index (χ0n) is 13.4. The van der Waals surface area contributed by atoms with Crippen LogP contribution in [-0.4, -0.2) is 33.4 Å². The van der Waals surface area contributed by atoms with E-state index in [9.17, 15) is 4.79 Å². The van der Waals surface area contributed by atoms with E-state index in [0.29, 0.717) is 24.7 Å². The summed E-state index contributed by atoms with van der Waals surface area (Å²) in [5, 5.41) is 4.68. The maximum absolute atomic E-state index is 12.9. The summed E-state index contributed by atoms with van der Waals surface area (Å²) >= 11 is 1.65. The molecule has 3 aromatic heterocycles. The molecule has 3 heterocycles. The third-order valence-electron chi connectivity index (χ3n) is 4.29. The fourth-order valence-electron chi connectivity index (χ4n) is 3.09. The van der Waals surface area contributed by atoms with E-state index in [1.165, 1.54) is 16.9 Å². The van der Waals surface area contributed by atoms with Crippen LogP contribution in [0.5, 0.6) is 0 Å². The number of ether oxygens (including phenoxy) is 1. The van der Waals surface area contributed by atoms with Crippen LogP contribution in [0.4, 0.5) is 0 Å². The Hall–Kier alpha value is -2.06. The summed E-state index contributed by atoms with van der Waals surface area (Å²) in [6.07, 6.45) is 6.52. The molecule has 8 heteroatoms. The van der Waals surface area contributed by atoms with Crippen LogP contribution in [0.15, 0.2) is 15.6 Å². The first-order valence-electron chi connectivity index (χ1n) is 8.06. The van der Waals surface area contributed by atoms with Crippen LogP contribution in [0.25, 0.3) is 10.2 Å². The van der Waals surface area contributed by atoms with Crippen molar-refractivity contribution >= 4 is 21.6 Å². The molecule has 7 nitrogen and oxygen atoms in total. The molecule has 0 unspecified atom stereocenters. The third kappa shape index (κ3) is 2.76. The van der Waals surface area contributed by atoms with Gasteiger partial charge in [-0.3, -0.25) is 9.36 Å². The Bertz CT molecular complexity index is 927. The Labute approximate surface area is 142 Å². The highest BCUT2D eigenvalue weighted by Crippen LogP contribution is 2.33. The van der Waals surface area contributed by atoms with Crippen LogP contribution in [0.3, 0.4) is 0 Å². The Morgan fingerprint density at radius 1 is 1.38 bits per heavy atom. The number of aromatic nitrogens is 4. The second-order valence-electron chi connectivity index (χ2n) is 5.92. The van der Waals surface area contributed by atoms with Crippen molar-refractivity contribution in [3.05, 3.63) is 38.8 Å². The van der Waals surface area contributed by atoms with Crippen molar-refractivity contribution in [1.82, 2.24) is 19.7 Å². The van der Waals surface area contributed by atoms with Gasteiger partial charge in [0, 0.05) is 18.4 Å². The Balaban J connectivity index is 1.66. The number of rotatable bonds is 5. The van der Waals surface area contributed by atoms with Crippen molar-refractivity contribution in [3.8, 4) is 0 Å². The molecule has 126 valence electrons. The van der Waals surface area contributed by atoms with Gasteiger partial charge in [0.2, 0.25) is 5.89 Å². The number of fused-ring (bicyclic) bond motifs is 3. The van der Waals surface area contributed by atoms with Crippen molar-refractivity contribution in [2.45, 2.75) is 38.6 Å². The van der Waals surface area contributed by atoms with Crippen molar-refractivity contribution in [3.63, 3.8) is 0 Å². The number of thiophene rings is 1. The van der Waals surface area contributed by atoms with Gasteiger partial charge < -0.3 is 9.26 Å². The number of nitrogens with zero attached hydrogens (tertiary/aromatic N) is 4. The molecule has 0 atom stereocenters. The predicted octanol–water partition coefficient (Wildman–Crippen LogP) is 1.96. The monoisotopic (exact) mass is 346 g/mol. The minimum atomic E-state index is -0.0176. The standard InChI is InChI=1S/C16H18N4O3S/c1-22-7-6-12-18-13(23-19-12)8-20-9-17-15-14(16(20)21)10-4-2-3-5-11(10)24-15/h9H,2-8H2,1H3. The highest BCUT2D eigenvalue weighted by atomic mass is 32.1. The fourth-order valence-corrected chi connectivity index (χ4v) is 4.31. The van der Waals surface area contributed by atoms with E-state index < -0.39 is 0 Å². The van der Waals surface area contributed by atoms with Crippen LogP contribution < -0.4 is 5.56 Å². The molecule has 0 aromatic carbocycles. The molecular formula is C16H18N4O3S.